The van der Waals surface area contributed by atoms with Crippen molar-refractivity contribution in [3.8, 4) is 0 Å². The van der Waals surface area contributed by atoms with Gasteiger partial charge in [-0.2, -0.15) is 0 Å². The van der Waals surface area contributed by atoms with Gasteiger partial charge in [-0.05, 0) is 25.0 Å². The maximum Gasteiger partial charge on any atom is 0.0412 e. The molecule has 0 saturated heterocycles. The first-order valence-corrected chi connectivity index (χ1v) is 6.85. The van der Waals surface area contributed by atoms with Crippen LogP contribution in [0.25, 0.3) is 0 Å². The van der Waals surface area contributed by atoms with E-state index < -0.39 is 0 Å². The summed E-state index contributed by atoms with van der Waals surface area (Å²) < 4.78 is 0. The van der Waals surface area contributed by atoms with E-state index in [1.54, 1.807) is 0 Å². The van der Waals surface area contributed by atoms with E-state index in [0.717, 1.165) is 13.1 Å². The molecule has 2 N–H and O–H groups in total. The Hall–Kier alpha value is -1.02. The van der Waals surface area contributed by atoms with Gasteiger partial charge in [-0.3, -0.25) is 0 Å². The lowest BCUT2D eigenvalue weighted by atomic mass is 10.1. The lowest BCUT2D eigenvalue weighted by Gasteiger charge is -2.33. The molecule has 0 aliphatic heterocycles. The van der Waals surface area contributed by atoms with Crippen LogP contribution in [0.4, 0.5) is 5.69 Å². The van der Waals surface area contributed by atoms with Crippen LogP contribution in [-0.4, -0.2) is 19.1 Å². The van der Waals surface area contributed by atoms with Gasteiger partial charge < -0.3 is 10.6 Å². The number of anilines is 1. The second kappa shape index (κ2) is 8.13. The van der Waals surface area contributed by atoms with Crippen molar-refractivity contribution in [1.82, 2.24) is 0 Å². The van der Waals surface area contributed by atoms with Gasteiger partial charge in [0, 0.05) is 24.8 Å². The van der Waals surface area contributed by atoms with E-state index in [-0.39, 0.29) is 0 Å². The molecular formula is C15H26N2. The Morgan fingerprint density at radius 3 is 2.35 bits per heavy atom. The minimum Gasteiger partial charge on any atom is -0.367 e. The van der Waals surface area contributed by atoms with Crippen LogP contribution in [0.3, 0.4) is 0 Å². The Morgan fingerprint density at radius 2 is 1.82 bits per heavy atom. The molecule has 1 unspecified atom stereocenters. The Balaban J connectivity index is 2.78. The first-order chi connectivity index (χ1) is 8.33. The number of para-hydroxylation sites is 1. The summed E-state index contributed by atoms with van der Waals surface area (Å²) in [4.78, 5) is 2.48. The molecule has 0 heterocycles. The van der Waals surface area contributed by atoms with E-state index in [9.17, 15) is 0 Å². The summed E-state index contributed by atoms with van der Waals surface area (Å²) in [6.07, 6.45) is 4.83. The van der Waals surface area contributed by atoms with Crippen molar-refractivity contribution in [2.24, 2.45) is 5.73 Å². The fraction of sp³-hybridized carbons (Fsp3) is 0.600. The molecule has 2 nitrogen and oxygen atoms in total. The lowest BCUT2D eigenvalue weighted by molar-refractivity contribution is 0.539. The van der Waals surface area contributed by atoms with Crippen LogP contribution in [0.1, 0.15) is 39.5 Å². The highest BCUT2D eigenvalue weighted by Gasteiger charge is 2.15. The number of hydrogen-bond acceptors (Lipinski definition) is 2. The summed E-state index contributed by atoms with van der Waals surface area (Å²) in [5.41, 5.74) is 7.24. The number of rotatable bonds is 8. The van der Waals surface area contributed by atoms with Gasteiger partial charge in [-0.1, -0.05) is 44.9 Å². The molecule has 0 aromatic heterocycles. The summed E-state index contributed by atoms with van der Waals surface area (Å²) in [6, 6.07) is 11.1. The highest BCUT2D eigenvalue weighted by atomic mass is 15.2. The van der Waals surface area contributed by atoms with Crippen LogP contribution in [-0.2, 0) is 0 Å². The molecule has 17 heavy (non-hydrogen) atoms. The summed E-state index contributed by atoms with van der Waals surface area (Å²) >= 11 is 0. The minimum absolute atomic E-state index is 0.481. The van der Waals surface area contributed by atoms with Gasteiger partial charge in [0.25, 0.3) is 0 Å². The Morgan fingerprint density at radius 1 is 1.12 bits per heavy atom. The topological polar surface area (TPSA) is 29.3 Å². The van der Waals surface area contributed by atoms with Crippen LogP contribution in [0, 0.1) is 0 Å². The van der Waals surface area contributed by atoms with Gasteiger partial charge in [0.2, 0.25) is 0 Å². The molecule has 0 saturated carbocycles. The van der Waals surface area contributed by atoms with Crippen LogP contribution >= 0.6 is 0 Å². The third-order valence-corrected chi connectivity index (χ3v) is 3.18. The van der Waals surface area contributed by atoms with Crippen molar-refractivity contribution in [1.29, 1.82) is 0 Å². The van der Waals surface area contributed by atoms with Crippen molar-refractivity contribution >= 4 is 5.69 Å². The number of nitrogens with zero attached hydrogens (tertiary/aromatic N) is 1. The summed E-state index contributed by atoms with van der Waals surface area (Å²) in [5, 5.41) is 0. The predicted molar refractivity (Wildman–Crippen MR) is 76.4 cm³/mol. The number of benzene rings is 1. The van der Waals surface area contributed by atoms with Gasteiger partial charge in [-0.15, -0.1) is 0 Å². The monoisotopic (exact) mass is 234 g/mol. The molecule has 0 aliphatic rings. The number of hydrogen-bond donors (Lipinski definition) is 1. The third-order valence-electron chi connectivity index (χ3n) is 3.18. The minimum atomic E-state index is 0.481. The Bertz CT molecular complexity index is 284. The third kappa shape index (κ3) is 4.39. The zero-order valence-corrected chi connectivity index (χ0v) is 11.2. The van der Waals surface area contributed by atoms with Gasteiger partial charge in [-0.25, -0.2) is 0 Å². The van der Waals surface area contributed by atoms with E-state index in [0.29, 0.717) is 6.04 Å². The summed E-state index contributed by atoms with van der Waals surface area (Å²) in [5.74, 6) is 0. The molecule has 1 aromatic carbocycles. The normalized spacial score (nSPS) is 12.4. The Kier molecular flexibility index (Phi) is 6.71. The van der Waals surface area contributed by atoms with E-state index in [1.165, 1.54) is 31.4 Å². The zero-order chi connectivity index (χ0) is 12.5. The first kappa shape index (κ1) is 14.0. The van der Waals surface area contributed by atoms with Crippen LogP contribution in [0.2, 0.25) is 0 Å². The second-order valence-corrected chi connectivity index (χ2v) is 4.56. The quantitative estimate of drug-likeness (QED) is 0.747. The van der Waals surface area contributed by atoms with Crippen LogP contribution in [0.5, 0.6) is 0 Å². The molecule has 0 amide bonds. The Labute approximate surface area is 106 Å². The van der Waals surface area contributed by atoms with E-state index in [2.05, 4.69) is 49.1 Å². The first-order valence-electron chi connectivity index (χ1n) is 6.85. The van der Waals surface area contributed by atoms with E-state index >= 15 is 0 Å². The lowest BCUT2D eigenvalue weighted by Crippen LogP contribution is -2.41. The van der Waals surface area contributed by atoms with Gasteiger partial charge in [0.1, 0.15) is 0 Å². The maximum absolute atomic E-state index is 5.93. The van der Waals surface area contributed by atoms with Crippen molar-refractivity contribution in [3.05, 3.63) is 30.3 Å². The van der Waals surface area contributed by atoms with Crippen molar-refractivity contribution in [2.75, 3.05) is 18.0 Å². The fourth-order valence-corrected chi connectivity index (χ4v) is 2.20. The SMILES string of the molecule is CCCCN(c1ccccc1)C(CN)CCC. The molecule has 1 aromatic rings. The fourth-order valence-electron chi connectivity index (χ4n) is 2.20. The van der Waals surface area contributed by atoms with E-state index in [4.69, 9.17) is 5.73 Å². The molecule has 0 aliphatic carbocycles. The number of nitrogens with two attached hydrogens (primary N) is 1. The van der Waals surface area contributed by atoms with Gasteiger partial charge in [0.05, 0.1) is 0 Å². The molecule has 0 bridgehead atoms. The highest BCUT2D eigenvalue weighted by molar-refractivity contribution is 5.47. The van der Waals surface area contributed by atoms with Crippen LogP contribution in [0.15, 0.2) is 30.3 Å². The van der Waals surface area contributed by atoms with Gasteiger partial charge >= 0.3 is 0 Å². The van der Waals surface area contributed by atoms with Crippen molar-refractivity contribution < 1.29 is 0 Å². The molecule has 0 spiro atoms. The van der Waals surface area contributed by atoms with Crippen molar-refractivity contribution in [3.63, 3.8) is 0 Å². The summed E-state index contributed by atoms with van der Waals surface area (Å²) in [6.45, 7) is 6.32. The molecule has 96 valence electrons. The average Bonchev–Trinajstić information content (AvgIpc) is 2.39. The van der Waals surface area contributed by atoms with Crippen molar-refractivity contribution in [2.45, 2.75) is 45.6 Å². The standard InChI is InChI=1S/C15H26N2/c1-3-5-12-17(15(13-16)9-4-2)14-10-7-6-8-11-14/h6-8,10-11,15H,3-5,9,12-13,16H2,1-2H3. The zero-order valence-electron chi connectivity index (χ0n) is 11.2. The molecule has 1 atom stereocenters. The van der Waals surface area contributed by atoms with Crippen LogP contribution < -0.4 is 10.6 Å². The average molecular weight is 234 g/mol. The predicted octanol–water partition coefficient (Wildman–Crippen LogP) is 3.42. The number of unbranched alkanes of at least 4 members (excludes halogenated alkanes) is 1. The molecule has 2 heteroatoms. The molecular weight excluding hydrogens is 208 g/mol. The van der Waals surface area contributed by atoms with E-state index in [1.807, 2.05) is 0 Å². The molecule has 0 radical (unpaired) electrons. The maximum atomic E-state index is 5.93. The second-order valence-electron chi connectivity index (χ2n) is 4.56. The largest absolute Gasteiger partial charge is 0.367 e. The molecule has 0 fully saturated rings. The van der Waals surface area contributed by atoms with Gasteiger partial charge in [0.15, 0.2) is 0 Å². The smallest absolute Gasteiger partial charge is 0.0412 e. The highest BCUT2D eigenvalue weighted by Crippen LogP contribution is 2.19. The summed E-state index contributed by atoms with van der Waals surface area (Å²) in [7, 11) is 0. The molecule has 1 rings (SSSR count).